The molecule has 0 unspecified atom stereocenters. The van der Waals surface area contributed by atoms with E-state index in [1.807, 2.05) is 0 Å². The van der Waals surface area contributed by atoms with Gasteiger partial charge in [0.05, 0.1) is 11.7 Å². The van der Waals surface area contributed by atoms with Crippen molar-refractivity contribution in [3.63, 3.8) is 0 Å². The van der Waals surface area contributed by atoms with E-state index in [9.17, 15) is 8.78 Å². The first-order valence-electron chi connectivity index (χ1n) is 7.41. The monoisotopic (exact) mass is 354 g/mol. The number of aromatic nitrogens is 2. The van der Waals surface area contributed by atoms with Gasteiger partial charge in [-0.2, -0.15) is 8.75 Å². The van der Waals surface area contributed by atoms with E-state index in [1.54, 1.807) is 48.5 Å². The molecule has 7 heteroatoms. The topological polar surface area (TPSA) is 77.8 Å². The van der Waals surface area contributed by atoms with Crippen molar-refractivity contribution in [2.45, 2.75) is 0 Å². The zero-order valence-electron chi connectivity index (χ0n) is 12.8. The van der Waals surface area contributed by atoms with E-state index in [0.29, 0.717) is 33.5 Å². The molecule has 0 aliphatic rings. The van der Waals surface area contributed by atoms with Crippen molar-refractivity contribution in [3.8, 4) is 22.3 Å². The minimum Gasteiger partial charge on any atom is -0.399 e. The second-order valence-corrected chi connectivity index (χ2v) is 6.11. The molecule has 3 aromatic carbocycles. The summed E-state index contributed by atoms with van der Waals surface area (Å²) < 4.78 is 38.2. The summed E-state index contributed by atoms with van der Waals surface area (Å²) in [7, 11) is 0. The van der Waals surface area contributed by atoms with E-state index in [4.69, 9.17) is 11.5 Å². The molecule has 0 spiro atoms. The van der Waals surface area contributed by atoms with Gasteiger partial charge in [0.2, 0.25) is 0 Å². The van der Waals surface area contributed by atoms with Crippen LogP contribution in [0, 0.1) is 11.6 Å². The highest BCUT2D eigenvalue weighted by Gasteiger charge is 2.24. The second kappa shape index (κ2) is 5.78. The van der Waals surface area contributed by atoms with Gasteiger partial charge in [0.15, 0.2) is 11.6 Å². The van der Waals surface area contributed by atoms with Crippen LogP contribution in [0.2, 0.25) is 0 Å². The van der Waals surface area contributed by atoms with Crippen LogP contribution in [0.1, 0.15) is 0 Å². The summed E-state index contributed by atoms with van der Waals surface area (Å²) in [4.78, 5) is 0. The van der Waals surface area contributed by atoms with Crippen molar-refractivity contribution < 1.29 is 8.78 Å². The third-order valence-corrected chi connectivity index (χ3v) is 4.52. The molecular weight excluding hydrogens is 342 g/mol. The number of hydrogen-bond donors (Lipinski definition) is 2. The molecule has 0 fully saturated rings. The Labute approximate surface area is 146 Å². The number of benzene rings is 3. The Morgan fingerprint density at radius 3 is 1.36 bits per heavy atom. The summed E-state index contributed by atoms with van der Waals surface area (Å²) in [5.41, 5.74) is 14.2. The molecule has 0 bridgehead atoms. The molecule has 0 saturated carbocycles. The number of fused-ring (bicyclic) bond motifs is 1. The van der Waals surface area contributed by atoms with Crippen molar-refractivity contribution in [1.29, 1.82) is 0 Å². The minimum atomic E-state index is -0.961. The van der Waals surface area contributed by atoms with E-state index >= 15 is 0 Å². The summed E-state index contributed by atoms with van der Waals surface area (Å²) in [5.74, 6) is -1.92. The SMILES string of the molecule is Nc1ccc(-c2c(F)c(F)c(-c3ccc(N)cc3)c3nsnc23)cc1. The lowest BCUT2D eigenvalue weighted by atomic mass is 9.96. The van der Waals surface area contributed by atoms with Crippen molar-refractivity contribution >= 4 is 34.1 Å². The highest BCUT2D eigenvalue weighted by Crippen LogP contribution is 2.39. The molecule has 25 heavy (non-hydrogen) atoms. The van der Waals surface area contributed by atoms with Crippen LogP contribution in [0.5, 0.6) is 0 Å². The molecule has 4 aromatic rings. The average Bonchev–Trinajstić information content (AvgIpc) is 3.07. The Kier molecular flexibility index (Phi) is 3.58. The van der Waals surface area contributed by atoms with Gasteiger partial charge in [0.25, 0.3) is 0 Å². The number of halogens is 2. The van der Waals surface area contributed by atoms with Crippen LogP contribution in [0.15, 0.2) is 48.5 Å². The Balaban J connectivity index is 2.04. The lowest BCUT2D eigenvalue weighted by Gasteiger charge is -2.11. The van der Waals surface area contributed by atoms with E-state index in [2.05, 4.69) is 8.75 Å². The quantitative estimate of drug-likeness (QED) is 0.521. The molecule has 0 amide bonds. The van der Waals surface area contributed by atoms with Crippen LogP contribution in [0.25, 0.3) is 33.3 Å². The number of rotatable bonds is 2. The van der Waals surface area contributed by atoms with Crippen molar-refractivity contribution in [1.82, 2.24) is 8.75 Å². The third-order valence-electron chi connectivity index (χ3n) is 3.99. The molecule has 0 radical (unpaired) electrons. The maximum absolute atomic E-state index is 14.9. The lowest BCUT2D eigenvalue weighted by Crippen LogP contribution is -1.97. The van der Waals surface area contributed by atoms with Crippen molar-refractivity contribution in [2.75, 3.05) is 11.5 Å². The van der Waals surface area contributed by atoms with Gasteiger partial charge in [-0.05, 0) is 35.4 Å². The summed E-state index contributed by atoms with van der Waals surface area (Å²) in [6.45, 7) is 0. The third kappa shape index (κ3) is 2.49. The van der Waals surface area contributed by atoms with Gasteiger partial charge in [0, 0.05) is 22.5 Å². The van der Waals surface area contributed by atoms with E-state index in [1.165, 1.54) is 0 Å². The number of anilines is 2. The van der Waals surface area contributed by atoms with Gasteiger partial charge in [-0.15, -0.1) is 0 Å². The Morgan fingerprint density at radius 2 is 1.00 bits per heavy atom. The molecule has 1 aromatic heterocycles. The average molecular weight is 354 g/mol. The molecule has 0 atom stereocenters. The normalized spacial score (nSPS) is 11.1. The molecule has 0 aliphatic carbocycles. The largest absolute Gasteiger partial charge is 0.399 e. The number of nitrogens with zero attached hydrogens (tertiary/aromatic N) is 2. The fourth-order valence-electron chi connectivity index (χ4n) is 2.77. The lowest BCUT2D eigenvalue weighted by molar-refractivity contribution is 0.515. The smallest absolute Gasteiger partial charge is 0.169 e. The molecule has 124 valence electrons. The van der Waals surface area contributed by atoms with E-state index in [0.717, 1.165) is 11.7 Å². The summed E-state index contributed by atoms with van der Waals surface area (Å²) >= 11 is 0.912. The zero-order valence-corrected chi connectivity index (χ0v) is 13.6. The highest BCUT2D eigenvalue weighted by atomic mass is 32.1. The number of hydrogen-bond acceptors (Lipinski definition) is 5. The van der Waals surface area contributed by atoms with Crippen LogP contribution in [-0.4, -0.2) is 8.75 Å². The van der Waals surface area contributed by atoms with Gasteiger partial charge < -0.3 is 11.5 Å². The van der Waals surface area contributed by atoms with Gasteiger partial charge in [-0.1, -0.05) is 24.3 Å². The van der Waals surface area contributed by atoms with Crippen LogP contribution >= 0.6 is 11.7 Å². The molecule has 4 nitrogen and oxygen atoms in total. The summed E-state index contributed by atoms with van der Waals surface area (Å²) in [5, 5.41) is 0. The Hall–Kier alpha value is -3.06. The van der Waals surface area contributed by atoms with Crippen LogP contribution in [-0.2, 0) is 0 Å². The highest BCUT2D eigenvalue weighted by molar-refractivity contribution is 7.00. The molecule has 0 aliphatic heterocycles. The Morgan fingerprint density at radius 1 is 0.640 bits per heavy atom. The maximum Gasteiger partial charge on any atom is 0.169 e. The fraction of sp³-hybridized carbons (Fsp3) is 0. The fourth-order valence-corrected chi connectivity index (χ4v) is 3.33. The van der Waals surface area contributed by atoms with Crippen LogP contribution in [0.3, 0.4) is 0 Å². The van der Waals surface area contributed by atoms with Gasteiger partial charge in [0.1, 0.15) is 11.0 Å². The van der Waals surface area contributed by atoms with Crippen molar-refractivity contribution in [2.24, 2.45) is 0 Å². The number of nitrogens with two attached hydrogens (primary N) is 2. The predicted molar refractivity (Wildman–Crippen MR) is 97.0 cm³/mol. The first-order valence-corrected chi connectivity index (χ1v) is 8.14. The molecule has 4 rings (SSSR count). The second-order valence-electron chi connectivity index (χ2n) is 5.58. The molecular formula is C18H12F2N4S. The van der Waals surface area contributed by atoms with E-state index < -0.39 is 11.6 Å². The first-order chi connectivity index (χ1) is 12.1. The van der Waals surface area contributed by atoms with Crippen molar-refractivity contribution in [3.05, 3.63) is 60.2 Å². The van der Waals surface area contributed by atoms with Gasteiger partial charge in [-0.25, -0.2) is 8.78 Å². The minimum absolute atomic E-state index is 0.0837. The van der Waals surface area contributed by atoms with Gasteiger partial charge >= 0.3 is 0 Å². The summed E-state index contributed by atoms with van der Waals surface area (Å²) in [6.07, 6.45) is 0. The zero-order chi connectivity index (χ0) is 17.6. The van der Waals surface area contributed by atoms with Crippen LogP contribution in [0.4, 0.5) is 20.2 Å². The Bertz CT molecular complexity index is 988. The molecule has 0 saturated heterocycles. The maximum atomic E-state index is 14.9. The van der Waals surface area contributed by atoms with E-state index in [-0.39, 0.29) is 11.1 Å². The van der Waals surface area contributed by atoms with Crippen LogP contribution < -0.4 is 11.5 Å². The molecule has 1 heterocycles. The predicted octanol–water partition coefficient (Wildman–Crippen LogP) is 4.47. The number of nitrogen functional groups attached to an aromatic ring is 2. The first kappa shape index (κ1) is 15.5. The molecule has 4 N–H and O–H groups in total. The summed E-state index contributed by atoms with van der Waals surface area (Å²) in [6, 6.07) is 13.1. The standard InChI is InChI=1S/C18H12F2N4S/c19-15-13(9-1-5-11(21)6-2-9)17-18(24-25-23-17)14(16(15)20)10-3-7-12(22)8-4-10/h1-8H,21-22H2. The van der Waals surface area contributed by atoms with Gasteiger partial charge in [-0.3, -0.25) is 0 Å².